The molecule has 1 N–H and O–H groups in total. The van der Waals surface area contributed by atoms with E-state index in [1.54, 1.807) is 0 Å². The van der Waals surface area contributed by atoms with Gasteiger partial charge in [-0.3, -0.25) is 0 Å². The topological polar surface area (TPSA) is 20.2 Å². The number of rotatable bonds is 4. The van der Waals surface area contributed by atoms with Crippen molar-refractivity contribution in [2.75, 3.05) is 0 Å². The van der Waals surface area contributed by atoms with Crippen LogP contribution in [0.1, 0.15) is 86.0 Å². The van der Waals surface area contributed by atoms with Gasteiger partial charge in [0.2, 0.25) is 0 Å². The van der Waals surface area contributed by atoms with Gasteiger partial charge in [0, 0.05) is 0 Å². The molecule has 0 bridgehead atoms. The standard InChI is InChI=1S/C20H36O/c1-7-19(5,21)14-11-16-15(2)9-10-17-18(3,4)12-8-13-20(16,17)6/h16-17,21H,2,7-14H2,1,3-6H3/t16-,17-,19?,20+/m0/s1. The van der Waals surface area contributed by atoms with Crippen molar-refractivity contribution in [1.29, 1.82) is 0 Å². The molecule has 4 atom stereocenters. The number of fused-ring (bicyclic) bond motifs is 1. The maximum atomic E-state index is 10.4. The number of hydrogen-bond acceptors (Lipinski definition) is 1. The van der Waals surface area contributed by atoms with Gasteiger partial charge in [-0.2, -0.15) is 0 Å². The summed E-state index contributed by atoms with van der Waals surface area (Å²) in [7, 11) is 0. The van der Waals surface area contributed by atoms with Crippen LogP contribution < -0.4 is 0 Å². The van der Waals surface area contributed by atoms with Crippen LogP contribution in [0.25, 0.3) is 0 Å². The summed E-state index contributed by atoms with van der Waals surface area (Å²) < 4.78 is 0. The molecule has 2 aliphatic carbocycles. The van der Waals surface area contributed by atoms with Gasteiger partial charge in [0.05, 0.1) is 5.60 Å². The lowest BCUT2D eigenvalue weighted by Crippen LogP contribution is -2.49. The Labute approximate surface area is 132 Å². The Hall–Kier alpha value is -0.300. The first kappa shape index (κ1) is 17.1. The zero-order valence-corrected chi connectivity index (χ0v) is 15.0. The van der Waals surface area contributed by atoms with E-state index in [-0.39, 0.29) is 0 Å². The third-order valence-electron chi connectivity index (χ3n) is 7.05. The summed E-state index contributed by atoms with van der Waals surface area (Å²) in [6.07, 6.45) is 9.47. The first-order valence-electron chi connectivity index (χ1n) is 9.02. The summed E-state index contributed by atoms with van der Waals surface area (Å²) >= 11 is 0. The van der Waals surface area contributed by atoms with E-state index in [2.05, 4.69) is 34.3 Å². The van der Waals surface area contributed by atoms with Crippen LogP contribution in [-0.2, 0) is 0 Å². The molecule has 0 amide bonds. The fourth-order valence-electron chi connectivity index (χ4n) is 5.44. The van der Waals surface area contributed by atoms with Crippen molar-refractivity contribution in [2.45, 2.75) is 91.6 Å². The van der Waals surface area contributed by atoms with Crippen LogP contribution in [0.15, 0.2) is 12.2 Å². The maximum Gasteiger partial charge on any atom is 0.0617 e. The minimum atomic E-state index is -0.506. The molecule has 2 fully saturated rings. The monoisotopic (exact) mass is 292 g/mol. The summed E-state index contributed by atoms with van der Waals surface area (Å²) in [6.45, 7) is 16.0. The van der Waals surface area contributed by atoms with Crippen LogP contribution in [-0.4, -0.2) is 10.7 Å². The Balaban J connectivity index is 2.20. The molecule has 0 spiro atoms. The Bertz CT molecular complexity index is 393. The zero-order valence-electron chi connectivity index (χ0n) is 15.0. The lowest BCUT2D eigenvalue weighted by Gasteiger charge is -2.58. The first-order valence-corrected chi connectivity index (χ1v) is 9.02. The number of hydrogen-bond donors (Lipinski definition) is 1. The van der Waals surface area contributed by atoms with Crippen LogP contribution in [0.3, 0.4) is 0 Å². The highest BCUT2D eigenvalue weighted by atomic mass is 16.3. The quantitative estimate of drug-likeness (QED) is 0.656. The molecule has 0 radical (unpaired) electrons. The molecule has 0 heterocycles. The lowest BCUT2D eigenvalue weighted by molar-refractivity contribution is -0.0610. The molecule has 21 heavy (non-hydrogen) atoms. The van der Waals surface area contributed by atoms with Gasteiger partial charge in [-0.1, -0.05) is 46.3 Å². The molecule has 0 aromatic heterocycles. The summed E-state index contributed by atoms with van der Waals surface area (Å²) in [6, 6.07) is 0. The fraction of sp³-hybridized carbons (Fsp3) is 0.900. The molecule has 2 saturated carbocycles. The molecule has 0 saturated heterocycles. The van der Waals surface area contributed by atoms with E-state index in [1.807, 2.05) is 6.92 Å². The second kappa shape index (κ2) is 5.72. The summed E-state index contributed by atoms with van der Waals surface area (Å²) in [5.74, 6) is 1.43. The molecule has 122 valence electrons. The molecule has 0 aromatic carbocycles. The van der Waals surface area contributed by atoms with E-state index in [9.17, 15) is 5.11 Å². The summed E-state index contributed by atoms with van der Waals surface area (Å²) in [4.78, 5) is 0. The normalized spacial score (nSPS) is 38.7. The van der Waals surface area contributed by atoms with Crippen molar-refractivity contribution in [3.05, 3.63) is 12.2 Å². The zero-order chi connectivity index (χ0) is 15.9. The Morgan fingerprint density at radius 3 is 2.57 bits per heavy atom. The van der Waals surface area contributed by atoms with Gasteiger partial charge in [0.15, 0.2) is 0 Å². The SMILES string of the molecule is C=C1CC[C@H]2C(C)(C)CCC[C@]2(C)[C@H]1CCC(C)(O)CC. The predicted molar refractivity (Wildman–Crippen MR) is 91.2 cm³/mol. The van der Waals surface area contributed by atoms with Gasteiger partial charge < -0.3 is 5.11 Å². The Morgan fingerprint density at radius 1 is 1.29 bits per heavy atom. The smallest absolute Gasteiger partial charge is 0.0617 e. The number of allylic oxidation sites excluding steroid dienone is 1. The highest BCUT2D eigenvalue weighted by molar-refractivity contribution is 5.15. The molecule has 0 aromatic rings. The molecule has 2 rings (SSSR count). The van der Waals surface area contributed by atoms with Crippen molar-refractivity contribution < 1.29 is 5.11 Å². The van der Waals surface area contributed by atoms with E-state index < -0.39 is 5.60 Å². The van der Waals surface area contributed by atoms with Crippen LogP contribution in [0.4, 0.5) is 0 Å². The molecule has 2 aliphatic rings. The van der Waals surface area contributed by atoms with Crippen molar-refractivity contribution >= 4 is 0 Å². The summed E-state index contributed by atoms with van der Waals surface area (Å²) in [5, 5.41) is 10.4. The van der Waals surface area contributed by atoms with Gasteiger partial charge in [-0.25, -0.2) is 0 Å². The van der Waals surface area contributed by atoms with Gasteiger partial charge >= 0.3 is 0 Å². The van der Waals surface area contributed by atoms with E-state index >= 15 is 0 Å². The van der Waals surface area contributed by atoms with Crippen LogP contribution in [0, 0.1) is 22.7 Å². The minimum Gasteiger partial charge on any atom is -0.390 e. The van der Waals surface area contributed by atoms with Gasteiger partial charge in [-0.15, -0.1) is 0 Å². The average molecular weight is 293 g/mol. The summed E-state index contributed by atoms with van der Waals surface area (Å²) in [5.41, 5.74) is 1.83. The Morgan fingerprint density at radius 2 is 1.95 bits per heavy atom. The van der Waals surface area contributed by atoms with Crippen LogP contribution >= 0.6 is 0 Å². The van der Waals surface area contributed by atoms with Gasteiger partial charge in [0.25, 0.3) is 0 Å². The predicted octanol–water partition coefficient (Wildman–Crippen LogP) is 5.73. The van der Waals surface area contributed by atoms with Gasteiger partial charge in [0.1, 0.15) is 0 Å². The number of aliphatic hydroxyl groups is 1. The highest BCUT2D eigenvalue weighted by Crippen LogP contribution is 2.61. The highest BCUT2D eigenvalue weighted by Gasteiger charge is 2.52. The lowest BCUT2D eigenvalue weighted by atomic mass is 9.47. The first-order chi connectivity index (χ1) is 9.62. The van der Waals surface area contributed by atoms with Crippen LogP contribution in [0.2, 0.25) is 0 Å². The van der Waals surface area contributed by atoms with E-state index in [4.69, 9.17) is 0 Å². The Kier molecular flexibility index (Phi) is 4.65. The molecule has 0 aliphatic heterocycles. The van der Waals surface area contributed by atoms with E-state index in [0.29, 0.717) is 16.7 Å². The largest absolute Gasteiger partial charge is 0.390 e. The third-order valence-corrected chi connectivity index (χ3v) is 7.05. The fourth-order valence-corrected chi connectivity index (χ4v) is 5.44. The molecule has 1 nitrogen and oxygen atoms in total. The van der Waals surface area contributed by atoms with Crippen molar-refractivity contribution in [3.63, 3.8) is 0 Å². The van der Waals surface area contributed by atoms with E-state index in [0.717, 1.165) is 25.2 Å². The van der Waals surface area contributed by atoms with Crippen molar-refractivity contribution in [1.82, 2.24) is 0 Å². The van der Waals surface area contributed by atoms with Crippen LogP contribution in [0.5, 0.6) is 0 Å². The average Bonchev–Trinajstić information content (AvgIpc) is 2.36. The molecular weight excluding hydrogens is 256 g/mol. The third kappa shape index (κ3) is 3.23. The van der Waals surface area contributed by atoms with Crippen molar-refractivity contribution in [2.24, 2.45) is 22.7 Å². The van der Waals surface area contributed by atoms with E-state index in [1.165, 1.54) is 37.7 Å². The molecule has 1 heteroatoms. The molecule has 1 unspecified atom stereocenters. The minimum absolute atomic E-state index is 0.404. The molecular formula is C20H36O. The second-order valence-electron chi connectivity index (χ2n) is 9.04. The second-order valence-corrected chi connectivity index (χ2v) is 9.04. The van der Waals surface area contributed by atoms with Gasteiger partial charge in [-0.05, 0) is 74.5 Å². The van der Waals surface area contributed by atoms with Crippen molar-refractivity contribution in [3.8, 4) is 0 Å². The maximum absolute atomic E-state index is 10.4.